The highest BCUT2D eigenvalue weighted by atomic mass is 32.2. The third kappa shape index (κ3) is 3.26. The maximum atomic E-state index is 12.2. The molecule has 0 spiro atoms. The second kappa shape index (κ2) is 5.21. The van der Waals surface area contributed by atoms with E-state index in [2.05, 4.69) is 25.9 Å². The van der Waals surface area contributed by atoms with Gasteiger partial charge in [0.15, 0.2) is 0 Å². The van der Waals surface area contributed by atoms with Gasteiger partial charge in [0.1, 0.15) is 5.69 Å². The number of aromatic nitrogens is 2. The van der Waals surface area contributed by atoms with E-state index in [0.717, 1.165) is 10.6 Å². The number of nitrogens with zero attached hydrogens (tertiary/aromatic N) is 2. The van der Waals surface area contributed by atoms with E-state index in [-0.39, 0.29) is 10.7 Å². The molecule has 0 unspecified atom stereocenters. The van der Waals surface area contributed by atoms with Gasteiger partial charge < -0.3 is 0 Å². The summed E-state index contributed by atoms with van der Waals surface area (Å²) >= 11 is 1.21. The topological polar surface area (TPSA) is 34.9 Å². The Morgan fingerprint density at radius 2 is 1.84 bits per heavy atom. The number of carbonyl (C=O) groups is 1. The van der Waals surface area contributed by atoms with E-state index < -0.39 is 0 Å². The van der Waals surface area contributed by atoms with Crippen LogP contribution in [0.1, 0.15) is 37.0 Å². The molecule has 0 aliphatic carbocycles. The van der Waals surface area contributed by atoms with Crippen LogP contribution in [0.5, 0.6) is 0 Å². The minimum Gasteiger partial charge on any atom is -0.279 e. The molecule has 4 heteroatoms. The Hall–Kier alpha value is -1.55. The van der Waals surface area contributed by atoms with Gasteiger partial charge in [0.05, 0.1) is 5.54 Å². The van der Waals surface area contributed by atoms with E-state index in [1.54, 1.807) is 0 Å². The number of rotatable bonds is 2. The highest BCUT2D eigenvalue weighted by molar-refractivity contribution is 8.14. The molecule has 2 aromatic rings. The molecule has 19 heavy (non-hydrogen) atoms. The maximum absolute atomic E-state index is 12.2. The number of carbonyl (C=O) groups excluding carboxylic acids is 1. The average Bonchev–Trinajstić information content (AvgIpc) is 2.72. The van der Waals surface area contributed by atoms with Crippen molar-refractivity contribution in [2.24, 2.45) is 0 Å². The summed E-state index contributed by atoms with van der Waals surface area (Å²) in [6, 6.07) is 11.5. The van der Waals surface area contributed by atoms with Gasteiger partial charge in [0.25, 0.3) is 0 Å². The number of hydrogen-bond donors (Lipinski definition) is 0. The molecule has 3 nitrogen and oxygen atoms in total. The average molecular weight is 274 g/mol. The zero-order chi connectivity index (χ0) is 14.0. The number of hydrogen-bond acceptors (Lipinski definition) is 3. The molecule has 1 aromatic carbocycles. The minimum absolute atomic E-state index is 0.0164. The molecule has 0 fully saturated rings. The van der Waals surface area contributed by atoms with Crippen molar-refractivity contribution in [3.63, 3.8) is 0 Å². The Morgan fingerprint density at radius 3 is 2.37 bits per heavy atom. The molecule has 2 rings (SSSR count). The van der Waals surface area contributed by atoms with Crippen molar-refractivity contribution < 1.29 is 4.79 Å². The van der Waals surface area contributed by atoms with Crippen LogP contribution in [-0.4, -0.2) is 14.9 Å². The van der Waals surface area contributed by atoms with Gasteiger partial charge in [-0.25, -0.2) is 0 Å². The Kier molecular flexibility index (Phi) is 3.80. The first kappa shape index (κ1) is 13.9. The lowest BCUT2D eigenvalue weighted by molar-refractivity contribution is 0.108. The summed E-state index contributed by atoms with van der Waals surface area (Å²) in [6.45, 7) is 8.20. The normalized spacial score (nSPS) is 11.6. The fourth-order valence-electron chi connectivity index (χ4n) is 1.90. The first-order valence-electron chi connectivity index (χ1n) is 6.22. The monoisotopic (exact) mass is 274 g/mol. The van der Waals surface area contributed by atoms with Gasteiger partial charge in [-0.2, -0.15) is 5.10 Å². The van der Waals surface area contributed by atoms with Crippen molar-refractivity contribution in [1.82, 2.24) is 9.78 Å². The summed E-state index contributed by atoms with van der Waals surface area (Å²) in [5.74, 6) is 0. The Bertz CT molecular complexity index is 582. The molecule has 1 aromatic heterocycles. The van der Waals surface area contributed by atoms with E-state index in [4.69, 9.17) is 0 Å². The maximum Gasteiger partial charge on any atom is 0.244 e. The van der Waals surface area contributed by atoms with Crippen LogP contribution in [0.4, 0.5) is 0 Å². The van der Waals surface area contributed by atoms with Crippen LogP contribution < -0.4 is 0 Å². The summed E-state index contributed by atoms with van der Waals surface area (Å²) in [5, 5.41) is 4.41. The van der Waals surface area contributed by atoms with Gasteiger partial charge >= 0.3 is 0 Å². The number of benzene rings is 1. The summed E-state index contributed by atoms with van der Waals surface area (Å²) in [6.07, 6.45) is 0. The zero-order valence-corrected chi connectivity index (χ0v) is 12.5. The molecule has 0 bridgehead atoms. The van der Waals surface area contributed by atoms with Crippen molar-refractivity contribution in [2.45, 2.75) is 38.1 Å². The molecule has 0 radical (unpaired) electrons. The van der Waals surface area contributed by atoms with Crippen molar-refractivity contribution in [3.8, 4) is 0 Å². The molecule has 0 saturated carbocycles. The second-order valence-corrected chi connectivity index (χ2v) is 6.50. The molecule has 0 aliphatic rings. The minimum atomic E-state index is -0.111. The third-order valence-corrected chi connectivity index (χ3v) is 3.59. The van der Waals surface area contributed by atoms with Gasteiger partial charge in [-0.3, -0.25) is 9.48 Å². The van der Waals surface area contributed by atoms with E-state index >= 15 is 0 Å². The van der Waals surface area contributed by atoms with Gasteiger partial charge in [0, 0.05) is 10.6 Å². The van der Waals surface area contributed by atoms with Crippen molar-refractivity contribution >= 4 is 16.9 Å². The molecule has 0 aliphatic heterocycles. The van der Waals surface area contributed by atoms with Gasteiger partial charge in [-0.1, -0.05) is 18.2 Å². The molecule has 0 N–H and O–H groups in total. The van der Waals surface area contributed by atoms with Gasteiger partial charge in [-0.15, -0.1) is 0 Å². The van der Waals surface area contributed by atoms with Crippen LogP contribution in [0.2, 0.25) is 0 Å². The lowest BCUT2D eigenvalue weighted by atomic mass is 10.1. The highest BCUT2D eigenvalue weighted by Gasteiger charge is 2.20. The number of thioether (sulfide) groups is 1. The zero-order valence-electron chi connectivity index (χ0n) is 11.7. The highest BCUT2D eigenvalue weighted by Crippen LogP contribution is 2.24. The molecule has 0 atom stereocenters. The summed E-state index contributed by atoms with van der Waals surface area (Å²) in [5.41, 5.74) is 1.41. The Morgan fingerprint density at radius 1 is 1.21 bits per heavy atom. The van der Waals surface area contributed by atoms with Crippen molar-refractivity contribution in [1.29, 1.82) is 0 Å². The molecular weight excluding hydrogens is 256 g/mol. The summed E-state index contributed by atoms with van der Waals surface area (Å²) < 4.78 is 1.89. The molecular formula is C15H18N2OS. The van der Waals surface area contributed by atoms with Crippen LogP contribution in [0.15, 0.2) is 41.3 Å². The molecule has 100 valence electrons. The van der Waals surface area contributed by atoms with Crippen LogP contribution in [0.3, 0.4) is 0 Å². The van der Waals surface area contributed by atoms with E-state index in [9.17, 15) is 4.79 Å². The smallest absolute Gasteiger partial charge is 0.244 e. The van der Waals surface area contributed by atoms with E-state index in [1.165, 1.54) is 11.8 Å². The largest absolute Gasteiger partial charge is 0.279 e. The predicted octanol–water partition coefficient (Wildman–Crippen LogP) is 3.88. The molecule has 1 heterocycles. The fourth-order valence-corrected chi connectivity index (χ4v) is 2.61. The SMILES string of the molecule is Cc1cc(C(=O)Sc2ccccc2)nn1C(C)(C)C. The first-order valence-corrected chi connectivity index (χ1v) is 7.04. The predicted molar refractivity (Wildman–Crippen MR) is 78.6 cm³/mol. The van der Waals surface area contributed by atoms with Gasteiger partial charge in [0.2, 0.25) is 5.12 Å². The van der Waals surface area contributed by atoms with E-state index in [0.29, 0.717) is 5.69 Å². The summed E-state index contributed by atoms with van der Waals surface area (Å²) in [4.78, 5) is 13.1. The second-order valence-electron chi connectivity index (χ2n) is 5.46. The summed E-state index contributed by atoms with van der Waals surface area (Å²) in [7, 11) is 0. The fraction of sp³-hybridized carbons (Fsp3) is 0.333. The van der Waals surface area contributed by atoms with Crippen LogP contribution >= 0.6 is 11.8 Å². The van der Waals surface area contributed by atoms with Gasteiger partial charge in [-0.05, 0) is 57.7 Å². The quantitative estimate of drug-likeness (QED) is 0.779. The lowest BCUT2D eigenvalue weighted by Crippen LogP contribution is -2.24. The van der Waals surface area contributed by atoms with Crippen LogP contribution in [-0.2, 0) is 5.54 Å². The van der Waals surface area contributed by atoms with Crippen LogP contribution in [0.25, 0.3) is 0 Å². The third-order valence-electron chi connectivity index (χ3n) is 2.69. The van der Waals surface area contributed by atoms with Crippen molar-refractivity contribution in [2.75, 3.05) is 0 Å². The first-order chi connectivity index (χ1) is 8.88. The Labute approximate surface area is 118 Å². The van der Waals surface area contributed by atoms with Crippen molar-refractivity contribution in [3.05, 3.63) is 47.8 Å². The lowest BCUT2D eigenvalue weighted by Gasteiger charge is -2.21. The van der Waals surface area contributed by atoms with Crippen LogP contribution in [0, 0.1) is 6.92 Å². The standard InChI is InChI=1S/C15H18N2OS/c1-11-10-13(16-17(11)15(2,3)4)14(18)19-12-8-6-5-7-9-12/h5-10H,1-4H3. The Balaban J connectivity index is 2.21. The van der Waals surface area contributed by atoms with E-state index in [1.807, 2.05) is 48.0 Å². The number of aryl methyl sites for hydroxylation is 1. The molecule has 0 saturated heterocycles. The molecule has 0 amide bonds.